The molecule has 0 spiro atoms. The van der Waals surface area contributed by atoms with Crippen LogP contribution in [0.4, 0.5) is 17.1 Å². The molecule has 0 N–H and O–H groups in total. The second kappa shape index (κ2) is 11.0. The van der Waals surface area contributed by atoms with E-state index in [1.807, 2.05) is 12.1 Å². The van der Waals surface area contributed by atoms with Crippen LogP contribution in [0, 0.1) is 0 Å². The maximum atomic E-state index is 6.38. The summed E-state index contributed by atoms with van der Waals surface area (Å²) in [6.45, 7) is 0. The van der Waals surface area contributed by atoms with Crippen molar-refractivity contribution in [1.82, 2.24) is 4.57 Å². The van der Waals surface area contributed by atoms with E-state index >= 15 is 0 Å². The van der Waals surface area contributed by atoms with Gasteiger partial charge in [0.05, 0.1) is 22.1 Å². The highest BCUT2D eigenvalue weighted by Crippen LogP contribution is 2.45. The predicted octanol–water partition coefficient (Wildman–Crippen LogP) is 13.0. The van der Waals surface area contributed by atoms with E-state index < -0.39 is 0 Å². The molecule has 2 aromatic heterocycles. The molecule has 10 aromatic rings. The van der Waals surface area contributed by atoms with E-state index in [1.165, 1.54) is 43.7 Å². The van der Waals surface area contributed by atoms with E-state index in [0.29, 0.717) is 0 Å². The molecule has 0 aliphatic carbocycles. The van der Waals surface area contributed by atoms with Gasteiger partial charge in [-0.1, -0.05) is 121 Å². The molecular weight excluding hydrogens is 597 g/mol. The first-order valence-electron chi connectivity index (χ1n) is 16.7. The smallest absolute Gasteiger partial charge is 0.137 e. The van der Waals surface area contributed by atoms with E-state index in [-0.39, 0.29) is 0 Å². The summed E-state index contributed by atoms with van der Waals surface area (Å²) in [5.41, 5.74) is 10.9. The van der Waals surface area contributed by atoms with Crippen molar-refractivity contribution in [2.45, 2.75) is 0 Å². The Kier molecular flexibility index (Phi) is 6.18. The minimum atomic E-state index is 0.873. The first-order valence-corrected chi connectivity index (χ1v) is 16.7. The van der Waals surface area contributed by atoms with Gasteiger partial charge in [-0.15, -0.1) is 0 Å². The molecule has 0 unspecified atom stereocenters. The van der Waals surface area contributed by atoms with Crippen LogP contribution in [0.3, 0.4) is 0 Å². The quantitative estimate of drug-likeness (QED) is 0.190. The number of para-hydroxylation sites is 2. The summed E-state index contributed by atoms with van der Waals surface area (Å²) in [6.07, 6.45) is 0. The fraction of sp³-hybridized carbons (Fsp3) is 0. The van der Waals surface area contributed by atoms with Crippen molar-refractivity contribution in [3.05, 3.63) is 182 Å². The zero-order valence-corrected chi connectivity index (χ0v) is 26.6. The Morgan fingerprint density at radius 3 is 1.94 bits per heavy atom. The summed E-state index contributed by atoms with van der Waals surface area (Å²) in [4.78, 5) is 2.38. The topological polar surface area (TPSA) is 21.3 Å². The molecule has 0 bridgehead atoms. The second-order valence-electron chi connectivity index (χ2n) is 12.6. The maximum Gasteiger partial charge on any atom is 0.137 e. The number of nitrogens with zero attached hydrogens (tertiary/aromatic N) is 2. The van der Waals surface area contributed by atoms with E-state index in [2.05, 4.69) is 179 Å². The third-order valence-corrected chi connectivity index (χ3v) is 9.76. The number of benzene rings is 8. The van der Waals surface area contributed by atoms with Crippen molar-refractivity contribution in [3.63, 3.8) is 0 Å². The highest BCUT2D eigenvalue weighted by atomic mass is 16.3. The summed E-state index contributed by atoms with van der Waals surface area (Å²) in [7, 11) is 0. The lowest BCUT2D eigenvalue weighted by Crippen LogP contribution is -2.10. The van der Waals surface area contributed by atoms with Gasteiger partial charge < -0.3 is 13.9 Å². The normalized spacial score (nSPS) is 11.7. The van der Waals surface area contributed by atoms with E-state index in [0.717, 1.165) is 44.7 Å². The Labute approximate surface area is 283 Å². The van der Waals surface area contributed by atoms with Crippen LogP contribution in [0.2, 0.25) is 0 Å². The number of rotatable bonds is 5. The lowest BCUT2D eigenvalue weighted by atomic mass is 10.0. The zero-order chi connectivity index (χ0) is 32.3. The lowest BCUT2D eigenvalue weighted by molar-refractivity contribution is 0.669. The third-order valence-electron chi connectivity index (χ3n) is 9.76. The molecule has 49 heavy (non-hydrogen) atoms. The number of fused-ring (bicyclic) bond motifs is 8. The highest BCUT2D eigenvalue weighted by Gasteiger charge is 2.22. The van der Waals surface area contributed by atoms with Gasteiger partial charge in [-0.3, -0.25) is 0 Å². The van der Waals surface area contributed by atoms with Gasteiger partial charge in [0, 0.05) is 38.6 Å². The molecule has 0 fully saturated rings. The molecule has 8 aromatic carbocycles. The van der Waals surface area contributed by atoms with E-state index in [1.54, 1.807) is 0 Å². The molecule has 0 aliphatic heterocycles. The zero-order valence-electron chi connectivity index (χ0n) is 26.6. The first kappa shape index (κ1) is 27.5. The predicted molar refractivity (Wildman–Crippen MR) is 206 cm³/mol. The van der Waals surface area contributed by atoms with Crippen LogP contribution in [0.1, 0.15) is 0 Å². The van der Waals surface area contributed by atoms with Crippen LogP contribution in [0.5, 0.6) is 0 Å². The van der Waals surface area contributed by atoms with Gasteiger partial charge in [-0.05, 0) is 77.2 Å². The Morgan fingerprint density at radius 1 is 0.429 bits per heavy atom. The number of hydrogen-bond acceptors (Lipinski definition) is 2. The Hall–Kier alpha value is -6.58. The Balaban J connectivity index is 1.26. The van der Waals surface area contributed by atoms with Crippen LogP contribution in [-0.4, -0.2) is 4.57 Å². The fourth-order valence-electron chi connectivity index (χ4n) is 7.56. The minimum Gasteiger partial charge on any atom is -0.456 e. The molecule has 0 radical (unpaired) electrons. The van der Waals surface area contributed by atoms with Gasteiger partial charge in [0.25, 0.3) is 0 Å². The molecule has 0 saturated carbocycles. The van der Waals surface area contributed by atoms with E-state index in [4.69, 9.17) is 4.42 Å². The van der Waals surface area contributed by atoms with Gasteiger partial charge in [0.2, 0.25) is 0 Å². The first-order chi connectivity index (χ1) is 24.3. The number of hydrogen-bond donors (Lipinski definition) is 0. The molecule has 0 saturated heterocycles. The molecular formula is C46H30N2O. The Morgan fingerprint density at radius 2 is 1.10 bits per heavy atom. The average Bonchev–Trinajstić information content (AvgIpc) is 3.72. The largest absolute Gasteiger partial charge is 0.456 e. The third kappa shape index (κ3) is 4.37. The minimum absolute atomic E-state index is 0.873. The monoisotopic (exact) mass is 626 g/mol. The van der Waals surface area contributed by atoms with Gasteiger partial charge in [-0.25, -0.2) is 0 Å². The van der Waals surface area contributed by atoms with Gasteiger partial charge >= 0.3 is 0 Å². The number of anilines is 3. The molecule has 3 heteroatoms. The number of aromatic nitrogens is 1. The van der Waals surface area contributed by atoms with Crippen molar-refractivity contribution >= 4 is 71.6 Å². The van der Waals surface area contributed by atoms with Crippen molar-refractivity contribution in [2.24, 2.45) is 0 Å². The van der Waals surface area contributed by atoms with Crippen LogP contribution < -0.4 is 4.90 Å². The average molecular weight is 627 g/mol. The highest BCUT2D eigenvalue weighted by molar-refractivity contribution is 6.20. The fourth-order valence-corrected chi connectivity index (χ4v) is 7.56. The molecule has 0 aliphatic rings. The molecule has 0 atom stereocenters. The Bertz CT molecular complexity index is 2810. The summed E-state index contributed by atoms with van der Waals surface area (Å²) in [5, 5.41) is 7.11. The maximum absolute atomic E-state index is 6.38. The molecule has 2 heterocycles. The van der Waals surface area contributed by atoms with Crippen LogP contribution in [0.15, 0.2) is 186 Å². The standard InChI is InChI=1S/C46H30N2O/c1-3-12-31(13-4-1)32-22-25-35(26-23-32)47(42-19-11-21-44-45(42)39-18-9-10-20-43(39)49-44)36-27-29-41-40(30-36)38-28-24-33-14-7-8-17-37(33)46(38)48(41)34-15-5-2-6-16-34/h1-30H. The summed E-state index contributed by atoms with van der Waals surface area (Å²) < 4.78 is 8.80. The number of furan rings is 1. The molecule has 230 valence electrons. The van der Waals surface area contributed by atoms with Gasteiger partial charge in [0.1, 0.15) is 11.2 Å². The van der Waals surface area contributed by atoms with Gasteiger partial charge in [-0.2, -0.15) is 0 Å². The van der Waals surface area contributed by atoms with Crippen molar-refractivity contribution in [1.29, 1.82) is 0 Å². The van der Waals surface area contributed by atoms with Crippen molar-refractivity contribution in [3.8, 4) is 16.8 Å². The van der Waals surface area contributed by atoms with E-state index in [9.17, 15) is 0 Å². The molecule has 0 amide bonds. The second-order valence-corrected chi connectivity index (χ2v) is 12.6. The van der Waals surface area contributed by atoms with Crippen LogP contribution in [0.25, 0.3) is 71.3 Å². The van der Waals surface area contributed by atoms with Crippen LogP contribution >= 0.6 is 0 Å². The summed E-state index contributed by atoms with van der Waals surface area (Å²) in [6, 6.07) is 65.0. The SMILES string of the molecule is c1ccc(-c2ccc(N(c3ccc4c(c3)c3ccc5ccccc5c3n4-c3ccccc3)c3cccc4oc5ccccc5c34)cc2)cc1. The van der Waals surface area contributed by atoms with Gasteiger partial charge in [0.15, 0.2) is 0 Å². The van der Waals surface area contributed by atoms with Crippen molar-refractivity contribution < 1.29 is 4.42 Å². The van der Waals surface area contributed by atoms with Crippen molar-refractivity contribution in [2.75, 3.05) is 4.90 Å². The summed E-state index contributed by atoms with van der Waals surface area (Å²) in [5.74, 6) is 0. The lowest BCUT2D eigenvalue weighted by Gasteiger charge is -2.26. The van der Waals surface area contributed by atoms with Crippen LogP contribution in [-0.2, 0) is 0 Å². The molecule has 10 rings (SSSR count). The summed E-state index contributed by atoms with van der Waals surface area (Å²) >= 11 is 0. The molecule has 3 nitrogen and oxygen atoms in total.